The predicted molar refractivity (Wildman–Crippen MR) is 71.0 cm³/mol. The van der Waals surface area contributed by atoms with Crippen molar-refractivity contribution in [2.45, 2.75) is 4.90 Å². The number of hydrogen-bond donors (Lipinski definition) is 0. The smallest absolute Gasteiger partial charge is 0.175 e. The average molecular weight is 301 g/mol. The zero-order chi connectivity index (χ0) is 14.0. The van der Waals surface area contributed by atoms with Crippen molar-refractivity contribution in [3.63, 3.8) is 0 Å². The van der Waals surface area contributed by atoms with Crippen LogP contribution in [0.1, 0.15) is 0 Å². The first-order chi connectivity index (χ1) is 8.88. The van der Waals surface area contributed by atoms with E-state index in [1.54, 1.807) is 24.3 Å². The molecule has 0 aliphatic carbocycles. The third kappa shape index (κ3) is 3.24. The van der Waals surface area contributed by atoms with E-state index < -0.39 is 15.7 Å². The number of hydrogen-bond acceptors (Lipinski definition) is 3. The van der Waals surface area contributed by atoms with E-state index >= 15 is 0 Å². The first kappa shape index (κ1) is 13.8. The molecule has 19 heavy (non-hydrogen) atoms. The zero-order valence-corrected chi connectivity index (χ0v) is 11.5. The highest BCUT2D eigenvalue weighted by atomic mass is 35.5. The lowest BCUT2D eigenvalue weighted by molar-refractivity contribution is 0.441. The summed E-state index contributed by atoms with van der Waals surface area (Å²) in [5.74, 6) is -0.543. The van der Waals surface area contributed by atoms with Crippen molar-refractivity contribution in [3.05, 3.63) is 53.3 Å². The molecule has 0 aliphatic heterocycles. The largest absolute Gasteiger partial charge is 0.453 e. The Morgan fingerprint density at radius 2 is 1.79 bits per heavy atom. The van der Waals surface area contributed by atoms with Crippen LogP contribution in [0.5, 0.6) is 11.5 Å². The van der Waals surface area contributed by atoms with Crippen molar-refractivity contribution in [1.29, 1.82) is 0 Å². The number of halogens is 2. The Morgan fingerprint density at radius 3 is 2.37 bits per heavy atom. The first-order valence-electron chi connectivity index (χ1n) is 5.30. The molecule has 0 heterocycles. The minimum absolute atomic E-state index is 0.0829. The van der Waals surface area contributed by atoms with Crippen molar-refractivity contribution in [2.24, 2.45) is 0 Å². The molecule has 6 heteroatoms. The lowest BCUT2D eigenvalue weighted by Gasteiger charge is -2.09. The van der Waals surface area contributed by atoms with Gasteiger partial charge in [-0.05, 0) is 30.3 Å². The molecule has 2 aromatic rings. The van der Waals surface area contributed by atoms with Crippen molar-refractivity contribution in [3.8, 4) is 11.5 Å². The number of para-hydroxylation sites is 1. The Bertz CT molecular complexity index is 714. The third-order valence-electron chi connectivity index (χ3n) is 2.39. The molecule has 2 rings (SSSR count). The van der Waals surface area contributed by atoms with Gasteiger partial charge in [-0.25, -0.2) is 12.8 Å². The molecule has 0 aliphatic rings. The minimum Gasteiger partial charge on any atom is -0.453 e. The molecule has 0 amide bonds. The van der Waals surface area contributed by atoms with Crippen LogP contribution in [-0.2, 0) is 9.84 Å². The van der Waals surface area contributed by atoms with E-state index in [2.05, 4.69) is 0 Å². The van der Waals surface area contributed by atoms with Gasteiger partial charge in [0.05, 0.1) is 9.92 Å². The maximum absolute atomic E-state index is 13.8. The average Bonchev–Trinajstić information content (AvgIpc) is 2.33. The van der Waals surface area contributed by atoms with Gasteiger partial charge in [-0.1, -0.05) is 23.7 Å². The number of sulfone groups is 1. The van der Waals surface area contributed by atoms with Gasteiger partial charge in [0.25, 0.3) is 0 Å². The number of ether oxygens (including phenoxy) is 1. The van der Waals surface area contributed by atoms with Crippen LogP contribution < -0.4 is 4.74 Å². The van der Waals surface area contributed by atoms with Gasteiger partial charge in [-0.15, -0.1) is 0 Å². The highest BCUT2D eigenvalue weighted by molar-refractivity contribution is 7.90. The van der Waals surface area contributed by atoms with Crippen LogP contribution in [0, 0.1) is 5.82 Å². The molecule has 0 unspecified atom stereocenters. The number of benzene rings is 2. The summed E-state index contributed by atoms with van der Waals surface area (Å²) in [5, 5.41) is 0.342. The van der Waals surface area contributed by atoms with Crippen molar-refractivity contribution < 1.29 is 17.5 Å². The van der Waals surface area contributed by atoms with Gasteiger partial charge in [0.2, 0.25) is 0 Å². The van der Waals surface area contributed by atoms with Gasteiger partial charge >= 0.3 is 0 Å². The maximum Gasteiger partial charge on any atom is 0.175 e. The monoisotopic (exact) mass is 300 g/mol. The Hall–Kier alpha value is -1.59. The number of rotatable bonds is 3. The predicted octanol–water partition coefficient (Wildman–Crippen LogP) is 3.67. The van der Waals surface area contributed by atoms with Crippen molar-refractivity contribution in [2.75, 3.05) is 6.26 Å². The molecule has 0 fully saturated rings. The summed E-state index contributed by atoms with van der Waals surface area (Å²) in [5.41, 5.74) is 0. The molecule has 0 N–H and O–H groups in total. The van der Waals surface area contributed by atoms with E-state index in [1.807, 2.05) is 0 Å². The molecule has 2 aromatic carbocycles. The second kappa shape index (κ2) is 5.19. The van der Waals surface area contributed by atoms with Gasteiger partial charge in [0, 0.05) is 6.26 Å². The van der Waals surface area contributed by atoms with E-state index in [0.717, 1.165) is 12.3 Å². The maximum atomic E-state index is 13.8. The molecule has 0 aromatic heterocycles. The second-order valence-electron chi connectivity index (χ2n) is 3.90. The fourth-order valence-electron chi connectivity index (χ4n) is 1.44. The molecule has 0 bridgehead atoms. The van der Waals surface area contributed by atoms with E-state index in [9.17, 15) is 12.8 Å². The minimum atomic E-state index is -3.44. The fourth-order valence-corrected chi connectivity index (χ4v) is 2.25. The topological polar surface area (TPSA) is 43.4 Å². The summed E-state index contributed by atoms with van der Waals surface area (Å²) in [7, 11) is -3.44. The third-order valence-corrected chi connectivity index (χ3v) is 3.81. The van der Waals surface area contributed by atoms with Gasteiger partial charge in [0.1, 0.15) is 5.75 Å². The van der Waals surface area contributed by atoms with Crippen molar-refractivity contribution in [1.82, 2.24) is 0 Å². The molecule has 0 spiro atoms. The summed E-state index contributed by atoms with van der Waals surface area (Å²) in [6.45, 7) is 0. The molecule has 3 nitrogen and oxygen atoms in total. The highest BCUT2D eigenvalue weighted by Crippen LogP contribution is 2.31. The lowest BCUT2D eigenvalue weighted by Crippen LogP contribution is -1.98. The van der Waals surface area contributed by atoms with Gasteiger partial charge in [-0.3, -0.25) is 0 Å². The quantitative estimate of drug-likeness (QED) is 0.868. The summed E-state index contributed by atoms with van der Waals surface area (Å²) < 4.78 is 41.6. The summed E-state index contributed by atoms with van der Waals surface area (Å²) in [6.07, 6.45) is 1.01. The van der Waals surface area contributed by atoms with E-state index in [4.69, 9.17) is 16.3 Å². The Morgan fingerprint density at radius 1 is 1.11 bits per heavy atom. The van der Waals surface area contributed by atoms with Crippen LogP contribution in [0.25, 0.3) is 0 Å². The van der Waals surface area contributed by atoms with Gasteiger partial charge in [0.15, 0.2) is 21.4 Å². The molecular formula is C13H10ClFO3S. The molecular weight excluding hydrogens is 291 g/mol. The molecule has 0 radical (unpaired) electrons. The lowest BCUT2D eigenvalue weighted by atomic mass is 10.3. The molecule has 100 valence electrons. The summed E-state index contributed by atoms with van der Waals surface area (Å²) in [4.78, 5) is -0.100. The van der Waals surface area contributed by atoms with Gasteiger partial charge < -0.3 is 4.74 Å². The SMILES string of the molecule is CS(=O)(=O)c1ccc(Oc2ccccc2Cl)c(F)c1. The van der Waals surface area contributed by atoms with E-state index in [-0.39, 0.29) is 10.6 Å². The molecule has 0 atom stereocenters. The van der Waals surface area contributed by atoms with E-state index in [0.29, 0.717) is 10.8 Å². The Kier molecular flexibility index (Phi) is 3.78. The Balaban J connectivity index is 2.36. The Labute approximate surface area is 115 Å². The van der Waals surface area contributed by atoms with Crippen LogP contribution in [0.15, 0.2) is 47.4 Å². The van der Waals surface area contributed by atoms with Gasteiger partial charge in [-0.2, -0.15) is 0 Å². The second-order valence-corrected chi connectivity index (χ2v) is 6.32. The normalized spacial score (nSPS) is 11.3. The summed E-state index contributed by atoms with van der Waals surface area (Å²) >= 11 is 5.89. The fraction of sp³-hybridized carbons (Fsp3) is 0.0769. The van der Waals surface area contributed by atoms with E-state index in [1.165, 1.54) is 12.1 Å². The standard InChI is InChI=1S/C13H10ClFO3S/c1-19(16,17)9-6-7-13(11(15)8-9)18-12-5-3-2-4-10(12)14/h2-8H,1H3. The van der Waals surface area contributed by atoms with Crippen LogP contribution >= 0.6 is 11.6 Å². The van der Waals surface area contributed by atoms with Crippen molar-refractivity contribution >= 4 is 21.4 Å². The zero-order valence-electron chi connectivity index (χ0n) is 9.93. The molecule has 0 saturated carbocycles. The first-order valence-corrected chi connectivity index (χ1v) is 7.57. The molecule has 0 saturated heterocycles. The highest BCUT2D eigenvalue weighted by Gasteiger charge is 2.13. The van der Waals surface area contributed by atoms with Crippen LogP contribution in [0.4, 0.5) is 4.39 Å². The van der Waals surface area contributed by atoms with Crippen LogP contribution in [0.2, 0.25) is 5.02 Å². The summed E-state index contributed by atoms with van der Waals surface area (Å²) in [6, 6.07) is 10.1. The van der Waals surface area contributed by atoms with Crippen LogP contribution in [-0.4, -0.2) is 14.7 Å². The van der Waals surface area contributed by atoms with Crippen LogP contribution in [0.3, 0.4) is 0 Å².